The molecule has 1 aromatic carbocycles. The second-order valence-corrected chi connectivity index (χ2v) is 7.09. The molecule has 144 valence electrons. The number of nitrogens with zero attached hydrogens (tertiary/aromatic N) is 1. The maximum atomic E-state index is 12.9. The fraction of sp³-hybridized carbons (Fsp3) is 0.550. The van der Waals surface area contributed by atoms with Crippen LogP contribution in [-0.4, -0.2) is 46.9 Å². The fourth-order valence-electron chi connectivity index (χ4n) is 2.79. The first kappa shape index (κ1) is 21.7. The summed E-state index contributed by atoms with van der Waals surface area (Å²) in [5.74, 6) is -1.44. The van der Waals surface area contributed by atoms with Gasteiger partial charge in [0, 0.05) is 20.0 Å². The Kier molecular flexibility index (Phi) is 8.29. The van der Waals surface area contributed by atoms with E-state index in [-0.39, 0.29) is 24.9 Å². The summed E-state index contributed by atoms with van der Waals surface area (Å²) in [6.07, 6.45) is 0.974. The van der Waals surface area contributed by atoms with Crippen molar-refractivity contribution in [1.82, 2.24) is 10.2 Å². The lowest BCUT2D eigenvalue weighted by molar-refractivity contribution is -0.149. The van der Waals surface area contributed by atoms with Crippen molar-refractivity contribution in [2.45, 2.75) is 53.0 Å². The number of benzene rings is 1. The first-order valence-corrected chi connectivity index (χ1v) is 9.00. The molecule has 0 saturated heterocycles. The van der Waals surface area contributed by atoms with E-state index >= 15 is 0 Å². The van der Waals surface area contributed by atoms with Gasteiger partial charge in [0.25, 0.3) is 0 Å². The van der Waals surface area contributed by atoms with E-state index in [1.807, 2.05) is 24.3 Å². The first-order chi connectivity index (χ1) is 12.1. The molecule has 26 heavy (non-hydrogen) atoms. The van der Waals surface area contributed by atoms with Crippen molar-refractivity contribution in [3.63, 3.8) is 0 Å². The molecule has 0 heterocycles. The zero-order valence-corrected chi connectivity index (χ0v) is 16.3. The van der Waals surface area contributed by atoms with Crippen molar-refractivity contribution in [3.8, 4) is 0 Å². The summed E-state index contributed by atoms with van der Waals surface area (Å²) in [5.41, 5.74) is 2.06. The molecule has 2 amide bonds. The molecule has 0 aliphatic carbocycles. The number of nitrogens with one attached hydrogen (secondary N) is 1. The van der Waals surface area contributed by atoms with Crippen molar-refractivity contribution in [1.29, 1.82) is 0 Å². The highest BCUT2D eigenvalue weighted by Crippen LogP contribution is 2.21. The molecular weight excluding hydrogens is 332 g/mol. The number of carboxylic acid groups (broad SMARTS) is 1. The molecule has 2 atom stereocenters. The molecule has 6 nitrogen and oxygen atoms in total. The second-order valence-electron chi connectivity index (χ2n) is 7.09. The van der Waals surface area contributed by atoms with Crippen LogP contribution >= 0.6 is 0 Å². The number of amides is 2. The third kappa shape index (κ3) is 6.50. The number of aliphatic carboxylic acids is 1. The van der Waals surface area contributed by atoms with Gasteiger partial charge in [0.2, 0.25) is 11.8 Å². The van der Waals surface area contributed by atoms with Crippen LogP contribution in [0.15, 0.2) is 24.3 Å². The molecule has 0 bridgehead atoms. The molecule has 1 aromatic rings. The quantitative estimate of drug-likeness (QED) is 0.706. The monoisotopic (exact) mass is 362 g/mol. The van der Waals surface area contributed by atoms with E-state index in [4.69, 9.17) is 0 Å². The topological polar surface area (TPSA) is 86.7 Å². The van der Waals surface area contributed by atoms with Crippen LogP contribution in [0.2, 0.25) is 0 Å². The van der Waals surface area contributed by atoms with Crippen LogP contribution in [0, 0.1) is 5.92 Å². The Morgan fingerprint density at radius 3 is 2.12 bits per heavy atom. The van der Waals surface area contributed by atoms with E-state index in [0.717, 1.165) is 12.0 Å². The van der Waals surface area contributed by atoms with Gasteiger partial charge in [-0.15, -0.1) is 0 Å². The SMILES string of the molecule is CC(=O)NCCN(C(=O)[C@@H](C)c1ccc(CC(C)C)cc1)C(C)C(=O)O. The number of carboxylic acids is 1. The molecule has 0 saturated carbocycles. The summed E-state index contributed by atoms with van der Waals surface area (Å²) < 4.78 is 0. The smallest absolute Gasteiger partial charge is 0.326 e. The molecule has 1 rings (SSSR count). The van der Waals surface area contributed by atoms with Gasteiger partial charge in [0.15, 0.2) is 0 Å². The van der Waals surface area contributed by atoms with E-state index < -0.39 is 17.9 Å². The Bertz CT molecular complexity index is 625. The fourth-order valence-corrected chi connectivity index (χ4v) is 2.79. The molecule has 0 aliphatic heterocycles. The number of rotatable bonds is 9. The third-order valence-electron chi connectivity index (χ3n) is 4.33. The maximum Gasteiger partial charge on any atom is 0.326 e. The highest BCUT2D eigenvalue weighted by molar-refractivity contribution is 5.87. The van der Waals surface area contributed by atoms with Crippen molar-refractivity contribution in [3.05, 3.63) is 35.4 Å². The number of carbonyl (C=O) groups is 3. The average Bonchev–Trinajstić information content (AvgIpc) is 2.56. The van der Waals surface area contributed by atoms with E-state index in [9.17, 15) is 19.5 Å². The van der Waals surface area contributed by atoms with E-state index in [1.165, 1.54) is 24.3 Å². The van der Waals surface area contributed by atoms with Crippen LogP contribution in [0.3, 0.4) is 0 Å². The van der Waals surface area contributed by atoms with Gasteiger partial charge >= 0.3 is 5.97 Å². The van der Waals surface area contributed by atoms with E-state index in [1.54, 1.807) is 6.92 Å². The maximum absolute atomic E-state index is 12.9. The summed E-state index contributed by atoms with van der Waals surface area (Å²) in [4.78, 5) is 36.6. The van der Waals surface area contributed by atoms with Crippen LogP contribution in [0.1, 0.15) is 51.7 Å². The van der Waals surface area contributed by atoms with Crippen LogP contribution in [0.5, 0.6) is 0 Å². The Morgan fingerprint density at radius 1 is 1.08 bits per heavy atom. The lowest BCUT2D eigenvalue weighted by Crippen LogP contribution is -2.48. The van der Waals surface area contributed by atoms with E-state index in [0.29, 0.717) is 5.92 Å². The number of carbonyl (C=O) groups excluding carboxylic acids is 2. The largest absolute Gasteiger partial charge is 0.480 e. The minimum atomic E-state index is -1.07. The Labute approximate surface area is 155 Å². The number of hydrogen-bond acceptors (Lipinski definition) is 3. The second kappa shape index (κ2) is 9.94. The van der Waals surface area contributed by atoms with Gasteiger partial charge in [-0.05, 0) is 37.3 Å². The molecule has 0 aromatic heterocycles. The van der Waals surface area contributed by atoms with Gasteiger partial charge < -0.3 is 15.3 Å². The normalized spacial score (nSPS) is 13.2. The molecule has 6 heteroatoms. The highest BCUT2D eigenvalue weighted by Gasteiger charge is 2.29. The summed E-state index contributed by atoms with van der Waals surface area (Å²) in [5, 5.41) is 11.9. The molecule has 0 aliphatic rings. The molecule has 1 unspecified atom stereocenters. The van der Waals surface area contributed by atoms with Crippen molar-refractivity contribution < 1.29 is 19.5 Å². The zero-order chi connectivity index (χ0) is 19.9. The van der Waals surface area contributed by atoms with Crippen LogP contribution in [0.25, 0.3) is 0 Å². The lowest BCUT2D eigenvalue weighted by atomic mass is 9.95. The van der Waals surface area contributed by atoms with Gasteiger partial charge in [-0.1, -0.05) is 38.1 Å². The Hall–Kier alpha value is -2.37. The Balaban J connectivity index is 2.90. The van der Waals surface area contributed by atoms with Gasteiger partial charge in [-0.3, -0.25) is 9.59 Å². The third-order valence-corrected chi connectivity index (χ3v) is 4.33. The lowest BCUT2D eigenvalue weighted by Gasteiger charge is -2.29. The molecule has 0 fully saturated rings. The molecular formula is C20H30N2O4. The molecule has 0 spiro atoms. The predicted molar refractivity (Wildman–Crippen MR) is 101 cm³/mol. The van der Waals surface area contributed by atoms with Gasteiger partial charge in [0.05, 0.1) is 5.92 Å². The summed E-state index contributed by atoms with van der Waals surface area (Å²) in [6.45, 7) is 9.32. The zero-order valence-electron chi connectivity index (χ0n) is 16.3. The van der Waals surface area contributed by atoms with Gasteiger partial charge in [0.1, 0.15) is 6.04 Å². The van der Waals surface area contributed by atoms with Crippen molar-refractivity contribution in [2.24, 2.45) is 5.92 Å². The highest BCUT2D eigenvalue weighted by atomic mass is 16.4. The standard InChI is InChI=1S/C20H30N2O4/c1-13(2)12-17-6-8-18(9-7-17)14(3)19(24)22(15(4)20(25)26)11-10-21-16(5)23/h6-9,13-15H,10-12H2,1-5H3,(H,21,23)(H,25,26)/t14-,15?/m0/s1. The minimum Gasteiger partial charge on any atom is -0.480 e. The van der Waals surface area contributed by atoms with Crippen LogP contribution < -0.4 is 5.32 Å². The van der Waals surface area contributed by atoms with Crippen LogP contribution in [-0.2, 0) is 20.8 Å². The van der Waals surface area contributed by atoms with Gasteiger partial charge in [-0.2, -0.15) is 0 Å². The molecule has 0 radical (unpaired) electrons. The molecule has 2 N–H and O–H groups in total. The van der Waals surface area contributed by atoms with Crippen molar-refractivity contribution in [2.75, 3.05) is 13.1 Å². The number of hydrogen-bond donors (Lipinski definition) is 2. The van der Waals surface area contributed by atoms with Crippen molar-refractivity contribution >= 4 is 17.8 Å². The minimum absolute atomic E-state index is 0.154. The van der Waals surface area contributed by atoms with Crippen LogP contribution in [0.4, 0.5) is 0 Å². The summed E-state index contributed by atoms with van der Waals surface area (Å²) in [6, 6.07) is 6.93. The summed E-state index contributed by atoms with van der Waals surface area (Å²) >= 11 is 0. The average molecular weight is 362 g/mol. The summed E-state index contributed by atoms with van der Waals surface area (Å²) in [7, 11) is 0. The Morgan fingerprint density at radius 2 is 1.65 bits per heavy atom. The van der Waals surface area contributed by atoms with Gasteiger partial charge in [-0.25, -0.2) is 4.79 Å². The first-order valence-electron chi connectivity index (χ1n) is 9.00. The van der Waals surface area contributed by atoms with E-state index in [2.05, 4.69) is 19.2 Å². The predicted octanol–water partition coefficient (Wildman–Crippen LogP) is 2.43.